The lowest BCUT2D eigenvalue weighted by Crippen LogP contribution is -2.14. The molecule has 0 saturated carbocycles. The number of fused-ring (bicyclic) bond motifs is 1. The Morgan fingerprint density at radius 3 is 2.90 bits per heavy atom. The molecule has 0 amide bonds. The molecule has 0 aliphatic heterocycles. The Morgan fingerprint density at radius 2 is 2.10 bits per heavy atom. The van der Waals surface area contributed by atoms with Crippen molar-refractivity contribution in [2.24, 2.45) is 0 Å². The van der Waals surface area contributed by atoms with Crippen molar-refractivity contribution in [3.8, 4) is 0 Å². The highest BCUT2D eigenvalue weighted by atomic mass is 35.5. The van der Waals surface area contributed by atoms with Gasteiger partial charge in [0.15, 0.2) is 5.16 Å². The molecule has 20 heavy (non-hydrogen) atoms. The van der Waals surface area contributed by atoms with Crippen molar-refractivity contribution in [1.82, 2.24) is 9.97 Å². The third-order valence-corrected chi connectivity index (χ3v) is 4.96. The van der Waals surface area contributed by atoms with E-state index < -0.39 is 0 Å². The lowest BCUT2D eigenvalue weighted by atomic mass is 10.2. The van der Waals surface area contributed by atoms with Gasteiger partial charge in [0.25, 0.3) is 5.56 Å². The zero-order chi connectivity index (χ0) is 14.1. The summed E-state index contributed by atoms with van der Waals surface area (Å²) in [5.74, 6) is 0.693. The Bertz CT molecular complexity index is 715. The van der Waals surface area contributed by atoms with Crippen LogP contribution in [0.15, 0.2) is 28.2 Å². The van der Waals surface area contributed by atoms with Crippen LogP contribution in [0.5, 0.6) is 0 Å². The summed E-state index contributed by atoms with van der Waals surface area (Å²) in [5.41, 5.74) is 2.85. The third-order valence-electron chi connectivity index (χ3n) is 3.28. The second kappa shape index (κ2) is 5.80. The van der Waals surface area contributed by atoms with Gasteiger partial charge in [-0.05, 0) is 37.0 Å². The summed E-state index contributed by atoms with van der Waals surface area (Å²) in [7, 11) is 0. The number of rotatable bonds is 3. The van der Waals surface area contributed by atoms with Crippen molar-refractivity contribution in [1.29, 1.82) is 0 Å². The maximum Gasteiger partial charge on any atom is 0.254 e. The predicted octanol–water partition coefficient (Wildman–Crippen LogP) is 3.86. The zero-order valence-electron chi connectivity index (χ0n) is 10.6. The third kappa shape index (κ3) is 2.87. The molecule has 1 aromatic carbocycles. The van der Waals surface area contributed by atoms with Crippen molar-refractivity contribution < 1.29 is 0 Å². The molecule has 1 heterocycles. The van der Waals surface area contributed by atoms with Gasteiger partial charge < -0.3 is 4.98 Å². The minimum absolute atomic E-state index is 0.00383. The second-order valence-electron chi connectivity index (χ2n) is 4.69. The van der Waals surface area contributed by atoms with E-state index in [1.807, 2.05) is 12.1 Å². The molecule has 6 heteroatoms. The van der Waals surface area contributed by atoms with E-state index in [4.69, 9.17) is 23.2 Å². The molecule has 1 aliphatic carbocycles. The Morgan fingerprint density at radius 1 is 1.25 bits per heavy atom. The van der Waals surface area contributed by atoms with Gasteiger partial charge in [0, 0.05) is 11.3 Å². The Balaban J connectivity index is 1.77. The first-order valence-electron chi connectivity index (χ1n) is 6.32. The minimum atomic E-state index is 0.00383. The van der Waals surface area contributed by atoms with Crippen LogP contribution in [0.4, 0.5) is 0 Å². The largest absolute Gasteiger partial charge is 0.301 e. The number of benzene rings is 1. The molecule has 0 atom stereocenters. The number of halogens is 2. The highest BCUT2D eigenvalue weighted by Gasteiger charge is 2.17. The smallest absolute Gasteiger partial charge is 0.254 e. The monoisotopic (exact) mass is 326 g/mol. The van der Waals surface area contributed by atoms with E-state index in [2.05, 4.69) is 9.97 Å². The topological polar surface area (TPSA) is 45.8 Å². The molecule has 1 aliphatic rings. The standard InChI is InChI=1S/C14H12Cl2N2OS/c15-10-5-4-8(6-11(10)16)7-20-14-17-12-3-1-2-9(12)13(19)18-14/h4-6H,1-3,7H2,(H,17,18,19). The van der Waals surface area contributed by atoms with Crippen LogP contribution in [-0.2, 0) is 18.6 Å². The van der Waals surface area contributed by atoms with E-state index in [1.54, 1.807) is 6.07 Å². The molecular weight excluding hydrogens is 315 g/mol. The average Bonchev–Trinajstić information content (AvgIpc) is 2.89. The summed E-state index contributed by atoms with van der Waals surface area (Å²) in [6, 6.07) is 5.54. The Hall–Kier alpha value is -0.970. The predicted molar refractivity (Wildman–Crippen MR) is 82.9 cm³/mol. The van der Waals surface area contributed by atoms with Gasteiger partial charge in [0.2, 0.25) is 0 Å². The van der Waals surface area contributed by atoms with E-state index in [-0.39, 0.29) is 5.56 Å². The lowest BCUT2D eigenvalue weighted by Gasteiger charge is -2.05. The Labute approximate surface area is 130 Å². The van der Waals surface area contributed by atoms with Crippen molar-refractivity contribution in [2.75, 3.05) is 0 Å². The molecule has 0 bridgehead atoms. The van der Waals surface area contributed by atoms with E-state index in [9.17, 15) is 4.79 Å². The van der Waals surface area contributed by atoms with Crippen LogP contribution in [0.2, 0.25) is 10.0 Å². The van der Waals surface area contributed by atoms with Crippen LogP contribution in [0, 0.1) is 0 Å². The molecule has 0 unspecified atom stereocenters. The minimum Gasteiger partial charge on any atom is -0.301 e. The molecule has 3 rings (SSSR count). The summed E-state index contributed by atoms with van der Waals surface area (Å²) >= 11 is 13.4. The van der Waals surface area contributed by atoms with E-state index in [0.29, 0.717) is 21.0 Å². The molecule has 0 saturated heterocycles. The van der Waals surface area contributed by atoms with Crippen molar-refractivity contribution in [2.45, 2.75) is 30.2 Å². The van der Waals surface area contributed by atoms with Gasteiger partial charge in [-0.3, -0.25) is 4.79 Å². The maximum atomic E-state index is 11.9. The summed E-state index contributed by atoms with van der Waals surface area (Å²) in [6.45, 7) is 0. The SMILES string of the molecule is O=c1[nH]c(SCc2ccc(Cl)c(Cl)c2)nc2c1CCC2. The fraction of sp³-hybridized carbons (Fsp3) is 0.286. The number of aromatic nitrogens is 2. The van der Waals surface area contributed by atoms with Crippen LogP contribution in [0.25, 0.3) is 0 Å². The number of hydrogen-bond acceptors (Lipinski definition) is 3. The van der Waals surface area contributed by atoms with Gasteiger partial charge in [-0.25, -0.2) is 4.98 Å². The van der Waals surface area contributed by atoms with Crippen LogP contribution in [0.3, 0.4) is 0 Å². The van der Waals surface area contributed by atoms with Crippen LogP contribution in [0.1, 0.15) is 23.2 Å². The quantitative estimate of drug-likeness (QED) is 0.688. The summed E-state index contributed by atoms with van der Waals surface area (Å²) in [4.78, 5) is 19.3. The molecular formula is C14H12Cl2N2OS. The number of thioether (sulfide) groups is 1. The number of nitrogens with zero attached hydrogens (tertiary/aromatic N) is 1. The average molecular weight is 327 g/mol. The molecule has 104 valence electrons. The second-order valence-corrected chi connectivity index (χ2v) is 6.47. The van der Waals surface area contributed by atoms with Crippen LogP contribution >= 0.6 is 35.0 Å². The van der Waals surface area contributed by atoms with Crippen LogP contribution in [-0.4, -0.2) is 9.97 Å². The molecule has 1 aromatic heterocycles. The first-order chi connectivity index (χ1) is 9.63. The molecule has 2 aromatic rings. The Kier molecular flexibility index (Phi) is 4.06. The van der Waals surface area contributed by atoms with E-state index in [0.717, 1.165) is 36.1 Å². The van der Waals surface area contributed by atoms with Crippen LogP contribution < -0.4 is 5.56 Å². The highest BCUT2D eigenvalue weighted by Crippen LogP contribution is 2.27. The van der Waals surface area contributed by atoms with E-state index >= 15 is 0 Å². The van der Waals surface area contributed by atoms with Gasteiger partial charge in [0.1, 0.15) is 0 Å². The molecule has 1 N–H and O–H groups in total. The number of H-pyrrole nitrogens is 1. The first-order valence-corrected chi connectivity index (χ1v) is 8.06. The number of hydrogen-bond donors (Lipinski definition) is 1. The van der Waals surface area contributed by atoms with Gasteiger partial charge >= 0.3 is 0 Å². The maximum absolute atomic E-state index is 11.9. The van der Waals surface area contributed by atoms with Gasteiger partial charge in [-0.1, -0.05) is 41.0 Å². The highest BCUT2D eigenvalue weighted by molar-refractivity contribution is 7.98. The van der Waals surface area contributed by atoms with Crippen molar-refractivity contribution >= 4 is 35.0 Å². The molecule has 0 radical (unpaired) electrons. The van der Waals surface area contributed by atoms with Gasteiger partial charge in [-0.15, -0.1) is 0 Å². The molecule has 0 spiro atoms. The fourth-order valence-electron chi connectivity index (χ4n) is 2.27. The van der Waals surface area contributed by atoms with Gasteiger partial charge in [-0.2, -0.15) is 0 Å². The fourth-order valence-corrected chi connectivity index (χ4v) is 3.41. The molecule has 3 nitrogen and oxygen atoms in total. The normalized spacial score (nSPS) is 13.5. The number of aryl methyl sites for hydroxylation is 1. The lowest BCUT2D eigenvalue weighted by molar-refractivity contribution is 0.869. The van der Waals surface area contributed by atoms with Crippen molar-refractivity contribution in [3.63, 3.8) is 0 Å². The number of aromatic amines is 1. The molecule has 0 fully saturated rings. The summed E-state index contributed by atoms with van der Waals surface area (Å²) in [6.07, 6.45) is 2.77. The van der Waals surface area contributed by atoms with E-state index in [1.165, 1.54) is 11.8 Å². The number of nitrogens with one attached hydrogen (secondary N) is 1. The summed E-state index contributed by atoms with van der Waals surface area (Å²) in [5, 5.41) is 1.76. The van der Waals surface area contributed by atoms with Gasteiger partial charge in [0.05, 0.1) is 15.7 Å². The first kappa shape index (κ1) is 14.0. The van der Waals surface area contributed by atoms with Crippen molar-refractivity contribution in [3.05, 3.63) is 55.4 Å². The zero-order valence-corrected chi connectivity index (χ0v) is 12.9. The summed E-state index contributed by atoms with van der Waals surface area (Å²) < 4.78 is 0.